The van der Waals surface area contributed by atoms with Gasteiger partial charge in [0.1, 0.15) is 5.82 Å². The van der Waals surface area contributed by atoms with E-state index in [0.29, 0.717) is 6.42 Å². The number of nitrogens with one attached hydrogen (secondary N) is 1. The molecular formula is C12H14N2O2S. The van der Waals surface area contributed by atoms with Crippen molar-refractivity contribution in [3.05, 3.63) is 29.0 Å². The summed E-state index contributed by atoms with van der Waals surface area (Å²) in [5, 5.41) is 10.9. The fourth-order valence-corrected chi connectivity index (χ4v) is 2.50. The molecule has 0 amide bonds. The van der Waals surface area contributed by atoms with Crippen LogP contribution in [0.25, 0.3) is 10.6 Å². The van der Waals surface area contributed by atoms with Crippen molar-refractivity contribution in [3.8, 4) is 10.6 Å². The van der Waals surface area contributed by atoms with Crippen LogP contribution in [0.15, 0.2) is 17.6 Å². The fraction of sp³-hybridized carbons (Fsp3) is 0.333. The first-order valence-electron chi connectivity index (χ1n) is 5.39. The zero-order valence-corrected chi connectivity index (χ0v) is 10.5. The van der Waals surface area contributed by atoms with Gasteiger partial charge in [-0.3, -0.25) is 4.79 Å². The Labute approximate surface area is 103 Å². The van der Waals surface area contributed by atoms with Crippen LogP contribution in [0.4, 0.5) is 0 Å². The van der Waals surface area contributed by atoms with Crippen LogP contribution in [-0.4, -0.2) is 21.0 Å². The first-order chi connectivity index (χ1) is 8.08. The van der Waals surface area contributed by atoms with Crippen molar-refractivity contribution >= 4 is 17.3 Å². The summed E-state index contributed by atoms with van der Waals surface area (Å²) in [6.07, 6.45) is 2.20. The highest BCUT2D eigenvalue weighted by molar-refractivity contribution is 7.13. The first-order valence-corrected chi connectivity index (χ1v) is 6.27. The molecule has 0 spiro atoms. The summed E-state index contributed by atoms with van der Waals surface area (Å²) in [6.45, 7) is 3.73. The molecule has 2 aromatic rings. The van der Waals surface area contributed by atoms with Crippen molar-refractivity contribution in [2.45, 2.75) is 20.3 Å². The van der Waals surface area contributed by atoms with Crippen molar-refractivity contribution in [2.24, 2.45) is 5.92 Å². The second-order valence-electron chi connectivity index (χ2n) is 4.12. The van der Waals surface area contributed by atoms with Gasteiger partial charge in [0.25, 0.3) is 0 Å². The molecule has 0 saturated heterocycles. The van der Waals surface area contributed by atoms with Gasteiger partial charge in [-0.25, -0.2) is 4.98 Å². The van der Waals surface area contributed by atoms with Crippen LogP contribution in [-0.2, 0) is 11.2 Å². The number of H-pyrrole nitrogens is 1. The number of aryl methyl sites for hydroxylation is 1. The molecule has 0 saturated carbocycles. The van der Waals surface area contributed by atoms with Gasteiger partial charge in [-0.05, 0) is 23.9 Å². The van der Waals surface area contributed by atoms with E-state index in [1.807, 2.05) is 12.3 Å². The SMILES string of the molecule is Cc1ccsc1-c1cnc(CC(C)C(=O)O)[nH]1. The summed E-state index contributed by atoms with van der Waals surface area (Å²) < 4.78 is 0. The topological polar surface area (TPSA) is 66.0 Å². The Bertz CT molecular complexity index is 530. The predicted octanol–water partition coefficient (Wildman–Crippen LogP) is 2.71. The van der Waals surface area contributed by atoms with E-state index < -0.39 is 11.9 Å². The van der Waals surface area contributed by atoms with Crippen LogP contribution in [0.1, 0.15) is 18.3 Å². The number of carboxylic acids is 1. The van der Waals surface area contributed by atoms with Crippen molar-refractivity contribution in [3.63, 3.8) is 0 Å². The maximum atomic E-state index is 10.8. The molecule has 0 radical (unpaired) electrons. The highest BCUT2D eigenvalue weighted by atomic mass is 32.1. The van der Waals surface area contributed by atoms with Gasteiger partial charge in [0.05, 0.1) is 22.7 Å². The molecule has 2 heterocycles. The Kier molecular flexibility index (Phi) is 3.28. The van der Waals surface area contributed by atoms with Crippen LogP contribution in [0.2, 0.25) is 0 Å². The van der Waals surface area contributed by atoms with Crippen molar-refractivity contribution in [2.75, 3.05) is 0 Å². The van der Waals surface area contributed by atoms with Crippen molar-refractivity contribution < 1.29 is 9.90 Å². The quantitative estimate of drug-likeness (QED) is 0.876. The maximum Gasteiger partial charge on any atom is 0.306 e. The lowest BCUT2D eigenvalue weighted by molar-refractivity contribution is -0.141. The van der Waals surface area contributed by atoms with E-state index in [2.05, 4.69) is 16.0 Å². The predicted molar refractivity (Wildman–Crippen MR) is 67.1 cm³/mol. The number of carbonyl (C=O) groups is 1. The van der Waals surface area contributed by atoms with Crippen LogP contribution >= 0.6 is 11.3 Å². The Morgan fingerprint density at radius 2 is 2.41 bits per heavy atom. The molecule has 0 fully saturated rings. The number of hydrogen-bond donors (Lipinski definition) is 2. The molecule has 2 aromatic heterocycles. The third-order valence-electron chi connectivity index (χ3n) is 2.66. The molecule has 90 valence electrons. The van der Waals surface area contributed by atoms with Crippen molar-refractivity contribution in [1.29, 1.82) is 0 Å². The summed E-state index contributed by atoms with van der Waals surface area (Å²) in [5.74, 6) is -0.489. The van der Waals surface area contributed by atoms with E-state index in [1.165, 1.54) is 5.56 Å². The van der Waals surface area contributed by atoms with Gasteiger partial charge in [0.15, 0.2) is 0 Å². The average Bonchev–Trinajstić information content (AvgIpc) is 2.86. The number of hydrogen-bond acceptors (Lipinski definition) is 3. The number of imidazole rings is 1. The van der Waals surface area contributed by atoms with Gasteiger partial charge in [-0.1, -0.05) is 6.92 Å². The zero-order chi connectivity index (χ0) is 12.4. The molecular weight excluding hydrogens is 236 g/mol. The molecule has 0 aliphatic carbocycles. The van der Waals surface area contributed by atoms with Gasteiger partial charge in [-0.2, -0.15) is 0 Å². The smallest absolute Gasteiger partial charge is 0.306 e. The van der Waals surface area contributed by atoms with E-state index in [9.17, 15) is 4.79 Å². The first kappa shape index (κ1) is 11.9. The van der Waals surface area contributed by atoms with Crippen LogP contribution in [0, 0.1) is 12.8 Å². The lowest BCUT2D eigenvalue weighted by atomic mass is 10.1. The Hall–Kier alpha value is -1.62. The Morgan fingerprint density at radius 1 is 1.65 bits per heavy atom. The summed E-state index contributed by atoms with van der Waals surface area (Å²) in [6, 6.07) is 2.06. The number of thiophene rings is 1. The second kappa shape index (κ2) is 4.71. The second-order valence-corrected chi connectivity index (χ2v) is 5.04. The molecule has 4 nitrogen and oxygen atoms in total. The molecule has 0 bridgehead atoms. The van der Waals surface area contributed by atoms with Crippen molar-refractivity contribution in [1.82, 2.24) is 9.97 Å². The molecule has 2 N–H and O–H groups in total. The van der Waals surface area contributed by atoms with Crippen LogP contribution < -0.4 is 0 Å². The Morgan fingerprint density at radius 3 is 3.00 bits per heavy atom. The number of rotatable bonds is 4. The molecule has 1 atom stereocenters. The maximum absolute atomic E-state index is 10.8. The highest BCUT2D eigenvalue weighted by Crippen LogP contribution is 2.27. The number of carboxylic acid groups (broad SMARTS) is 1. The third-order valence-corrected chi connectivity index (χ3v) is 3.71. The van der Waals surface area contributed by atoms with E-state index in [0.717, 1.165) is 16.4 Å². The van der Waals surface area contributed by atoms with E-state index in [1.54, 1.807) is 24.5 Å². The minimum atomic E-state index is -0.796. The third kappa shape index (κ3) is 2.55. The average molecular weight is 250 g/mol. The molecule has 0 aliphatic heterocycles. The van der Waals surface area contributed by atoms with Crippen LogP contribution in [0.5, 0.6) is 0 Å². The number of aromatic nitrogens is 2. The lowest BCUT2D eigenvalue weighted by Gasteiger charge is -2.02. The lowest BCUT2D eigenvalue weighted by Crippen LogP contribution is -2.12. The normalized spacial score (nSPS) is 12.6. The Balaban J connectivity index is 2.17. The molecule has 5 heteroatoms. The molecule has 2 rings (SSSR count). The number of aliphatic carboxylic acids is 1. The molecule has 0 aliphatic rings. The minimum Gasteiger partial charge on any atom is -0.481 e. The minimum absolute atomic E-state index is 0.418. The number of nitrogens with zero attached hydrogens (tertiary/aromatic N) is 1. The van der Waals surface area contributed by atoms with E-state index in [-0.39, 0.29) is 0 Å². The summed E-state index contributed by atoms with van der Waals surface area (Å²) >= 11 is 1.65. The van der Waals surface area contributed by atoms with Gasteiger partial charge < -0.3 is 10.1 Å². The summed E-state index contributed by atoms with van der Waals surface area (Å²) in [4.78, 5) is 19.3. The highest BCUT2D eigenvalue weighted by Gasteiger charge is 2.14. The summed E-state index contributed by atoms with van der Waals surface area (Å²) in [5.41, 5.74) is 2.17. The van der Waals surface area contributed by atoms with E-state index >= 15 is 0 Å². The van der Waals surface area contributed by atoms with E-state index in [4.69, 9.17) is 5.11 Å². The number of aromatic amines is 1. The molecule has 1 unspecified atom stereocenters. The van der Waals surface area contributed by atoms with Gasteiger partial charge >= 0.3 is 5.97 Å². The van der Waals surface area contributed by atoms with Crippen LogP contribution in [0.3, 0.4) is 0 Å². The van der Waals surface area contributed by atoms with Gasteiger partial charge in [0.2, 0.25) is 0 Å². The zero-order valence-electron chi connectivity index (χ0n) is 9.73. The summed E-state index contributed by atoms with van der Waals surface area (Å²) in [7, 11) is 0. The standard InChI is InChI=1S/C12H14N2O2S/c1-7-3-4-17-11(7)9-6-13-10(14-9)5-8(2)12(15)16/h3-4,6,8H,5H2,1-2H3,(H,13,14)(H,15,16). The van der Waals surface area contributed by atoms with Gasteiger partial charge in [-0.15, -0.1) is 11.3 Å². The largest absolute Gasteiger partial charge is 0.481 e. The molecule has 0 aromatic carbocycles. The van der Waals surface area contributed by atoms with Gasteiger partial charge in [0, 0.05) is 6.42 Å². The molecule has 17 heavy (non-hydrogen) atoms. The fourth-order valence-electron chi connectivity index (χ4n) is 1.61. The monoisotopic (exact) mass is 250 g/mol.